The van der Waals surface area contributed by atoms with Crippen molar-refractivity contribution in [2.45, 2.75) is 70.8 Å². The standard InChI is InChI=1S/C18H27NO/c1-10-9-13(18(2,3)4)17(20)15-14(10)11-7-5-6-8-12(11)16(15)19/h9,11-12,16,20H,5-8,19H2,1-4H3. The smallest absolute Gasteiger partial charge is 0.124 e. The fourth-order valence-electron chi connectivity index (χ4n) is 4.41. The third kappa shape index (κ3) is 1.88. The summed E-state index contributed by atoms with van der Waals surface area (Å²) in [6.45, 7) is 8.65. The zero-order chi connectivity index (χ0) is 14.7. The predicted octanol–water partition coefficient (Wildman–Crippen LogP) is 4.29. The van der Waals surface area contributed by atoms with Gasteiger partial charge < -0.3 is 10.8 Å². The minimum atomic E-state index is -0.0443. The summed E-state index contributed by atoms with van der Waals surface area (Å²) in [5, 5.41) is 10.8. The van der Waals surface area contributed by atoms with Crippen molar-refractivity contribution in [2.75, 3.05) is 0 Å². The Hall–Kier alpha value is -1.02. The predicted molar refractivity (Wildman–Crippen MR) is 83.2 cm³/mol. The van der Waals surface area contributed by atoms with E-state index in [1.165, 1.54) is 36.8 Å². The van der Waals surface area contributed by atoms with Gasteiger partial charge in [-0.3, -0.25) is 0 Å². The molecule has 3 rings (SSSR count). The van der Waals surface area contributed by atoms with E-state index >= 15 is 0 Å². The van der Waals surface area contributed by atoms with Gasteiger partial charge in [0.05, 0.1) is 0 Å². The summed E-state index contributed by atoms with van der Waals surface area (Å²) < 4.78 is 0. The van der Waals surface area contributed by atoms with Crippen molar-refractivity contribution in [3.63, 3.8) is 0 Å². The number of aryl methyl sites for hydroxylation is 1. The SMILES string of the molecule is Cc1cc(C(C)(C)C)c(O)c2c1C1CCCCC1C2N. The summed E-state index contributed by atoms with van der Waals surface area (Å²) in [6.07, 6.45) is 5.04. The molecule has 2 aliphatic rings. The molecule has 0 aromatic heterocycles. The topological polar surface area (TPSA) is 46.2 Å². The average molecular weight is 273 g/mol. The van der Waals surface area contributed by atoms with Crippen LogP contribution in [0.1, 0.15) is 80.7 Å². The minimum absolute atomic E-state index is 0.0244. The maximum absolute atomic E-state index is 10.8. The monoisotopic (exact) mass is 273 g/mol. The molecule has 0 aliphatic heterocycles. The van der Waals surface area contributed by atoms with Gasteiger partial charge in [0.15, 0.2) is 0 Å². The molecule has 2 heteroatoms. The van der Waals surface area contributed by atoms with Crippen molar-refractivity contribution in [3.8, 4) is 5.75 Å². The van der Waals surface area contributed by atoms with E-state index in [4.69, 9.17) is 5.73 Å². The maximum atomic E-state index is 10.8. The highest BCUT2D eigenvalue weighted by Crippen LogP contribution is 2.56. The van der Waals surface area contributed by atoms with Gasteiger partial charge in [-0.25, -0.2) is 0 Å². The molecule has 0 saturated heterocycles. The Balaban J connectivity index is 2.20. The summed E-state index contributed by atoms with van der Waals surface area (Å²) in [5.74, 6) is 1.59. The van der Waals surface area contributed by atoms with Crippen LogP contribution in [0, 0.1) is 12.8 Å². The Morgan fingerprint density at radius 3 is 2.45 bits per heavy atom. The van der Waals surface area contributed by atoms with Crippen LogP contribution in [0.25, 0.3) is 0 Å². The van der Waals surface area contributed by atoms with Crippen LogP contribution in [-0.2, 0) is 5.41 Å². The minimum Gasteiger partial charge on any atom is -0.507 e. The van der Waals surface area contributed by atoms with Crippen molar-refractivity contribution in [3.05, 3.63) is 28.3 Å². The molecule has 2 aliphatic carbocycles. The number of hydrogen-bond donors (Lipinski definition) is 2. The molecule has 1 fully saturated rings. The second-order valence-electron chi connectivity index (χ2n) is 7.75. The summed E-state index contributed by atoms with van der Waals surface area (Å²) in [7, 11) is 0. The van der Waals surface area contributed by atoms with Gasteiger partial charge in [0.2, 0.25) is 0 Å². The summed E-state index contributed by atoms with van der Waals surface area (Å²) in [6, 6.07) is 2.22. The number of hydrogen-bond acceptors (Lipinski definition) is 2. The molecule has 1 aromatic carbocycles. The van der Waals surface area contributed by atoms with E-state index in [9.17, 15) is 5.11 Å². The molecule has 110 valence electrons. The van der Waals surface area contributed by atoms with E-state index in [0.717, 1.165) is 11.1 Å². The Labute approximate surface area is 122 Å². The van der Waals surface area contributed by atoms with Crippen LogP contribution in [0.15, 0.2) is 6.07 Å². The first-order valence-electron chi connectivity index (χ1n) is 7.94. The van der Waals surface area contributed by atoms with Crippen LogP contribution >= 0.6 is 0 Å². The van der Waals surface area contributed by atoms with Gasteiger partial charge in [0, 0.05) is 11.6 Å². The van der Waals surface area contributed by atoms with Crippen molar-refractivity contribution in [2.24, 2.45) is 11.7 Å². The molecule has 3 N–H and O–H groups in total. The lowest BCUT2D eigenvalue weighted by atomic mass is 9.77. The lowest BCUT2D eigenvalue weighted by molar-refractivity contribution is 0.291. The molecule has 1 saturated carbocycles. The molecule has 3 atom stereocenters. The fraction of sp³-hybridized carbons (Fsp3) is 0.667. The number of nitrogens with two attached hydrogens (primary N) is 1. The lowest BCUT2D eigenvalue weighted by Gasteiger charge is -2.28. The second kappa shape index (κ2) is 4.49. The molecular formula is C18H27NO. The zero-order valence-corrected chi connectivity index (χ0v) is 13.2. The number of aromatic hydroxyl groups is 1. The van der Waals surface area contributed by atoms with Crippen LogP contribution < -0.4 is 5.73 Å². The Bertz CT molecular complexity index is 541. The molecule has 0 heterocycles. The summed E-state index contributed by atoms with van der Waals surface area (Å²) in [4.78, 5) is 0. The zero-order valence-electron chi connectivity index (χ0n) is 13.2. The van der Waals surface area contributed by atoms with Crippen molar-refractivity contribution in [1.82, 2.24) is 0 Å². The first-order valence-corrected chi connectivity index (χ1v) is 7.94. The van der Waals surface area contributed by atoms with Gasteiger partial charge >= 0.3 is 0 Å². The average Bonchev–Trinajstić information content (AvgIpc) is 2.68. The van der Waals surface area contributed by atoms with Crippen molar-refractivity contribution >= 4 is 0 Å². The number of phenolic OH excluding ortho intramolecular Hbond substituents is 1. The van der Waals surface area contributed by atoms with E-state index in [2.05, 4.69) is 33.8 Å². The molecule has 20 heavy (non-hydrogen) atoms. The van der Waals surface area contributed by atoms with Gasteiger partial charge in [-0.15, -0.1) is 0 Å². The first kappa shape index (κ1) is 13.9. The Kier molecular flexibility index (Phi) is 3.13. The molecule has 1 aromatic rings. The van der Waals surface area contributed by atoms with Crippen molar-refractivity contribution in [1.29, 1.82) is 0 Å². The van der Waals surface area contributed by atoms with Crippen LogP contribution in [0.4, 0.5) is 0 Å². The van der Waals surface area contributed by atoms with Gasteiger partial charge in [0.1, 0.15) is 5.75 Å². The van der Waals surface area contributed by atoms with E-state index in [0.29, 0.717) is 17.6 Å². The molecule has 0 bridgehead atoms. The number of rotatable bonds is 0. The lowest BCUT2D eigenvalue weighted by Crippen LogP contribution is -2.22. The molecule has 0 spiro atoms. The Morgan fingerprint density at radius 1 is 1.15 bits per heavy atom. The summed E-state index contributed by atoms with van der Waals surface area (Å²) >= 11 is 0. The second-order valence-corrected chi connectivity index (χ2v) is 7.75. The fourth-order valence-corrected chi connectivity index (χ4v) is 4.41. The quantitative estimate of drug-likeness (QED) is 0.741. The molecule has 0 amide bonds. The largest absolute Gasteiger partial charge is 0.507 e. The first-order chi connectivity index (χ1) is 9.32. The van der Waals surface area contributed by atoms with Gasteiger partial charge in [-0.1, -0.05) is 39.7 Å². The normalized spacial score (nSPS) is 29.1. The molecule has 2 nitrogen and oxygen atoms in total. The maximum Gasteiger partial charge on any atom is 0.124 e. The van der Waals surface area contributed by atoms with E-state index in [1.54, 1.807) is 0 Å². The number of fused-ring (bicyclic) bond motifs is 3. The van der Waals surface area contributed by atoms with Gasteiger partial charge in [0.25, 0.3) is 0 Å². The summed E-state index contributed by atoms with van der Waals surface area (Å²) in [5.41, 5.74) is 11.3. The molecular weight excluding hydrogens is 246 g/mol. The van der Waals surface area contributed by atoms with E-state index in [1.807, 2.05) is 0 Å². The van der Waals surface area contributed by atoms with E-state index in [-0.39, 0.29) is 11.5 Å². The highest BCUT2D eigenvalue weighted by Gasteiger charge is 2.43. The van der Waals surface area contributed by atoms with Gasteiger partial charge in [-0.2, -0.15) is 0 Å². The van der Waals surface area contributed by atoms with Crippen LogP contribution in [-0.4, -0.2) is 5.11 Å². The third-order valence-corrected chi connectivity index (χ3v) is 5.38. The Morgan fingerprint density at radius 2 is 1.80 bits per heavy atom. The van der Waals surface area contributed by atoms with Crippen LogP contribution in [0.2, 0.25) is 0 Å². The van der Waals surface area contributed by atoms with E-state index < -0.39 is 0 Å². The van der Waals surface area contributed by atoms with Crippen LogP contribution in [0.5, 0.6) is 5.75 Å². The molecule has 0 radical (unpaired) electrons. The number of benzene rings is 1. The number of phenols is 1. The molecule has 3 unspecified atom stereocenters. The van der Waals surface area contributed by atoms with Gasteiger partial charge in [-0.05, 0) is 53.7 Å². The highest BCUT2D eigenvalue weighted by molar-refractivity contribution is 5.57. The van der Waals surface area contributed by atoms with Crippen molar-refractivity contribution < 1.29 is 5.11 Å². The third-order valence-electron chi connectivity index (χ3n) is 5.38. The van der Waals surface area contributed by atoms with Crippen LogP contribution in [0.3, 0.4) is 0 Å². The highest BCUT2D eigenvalue weighted by atomic mass is 16.3.